The van der Waals surface area contributed by atoms with Crippen molar-refractivity contribution in [3.8, 4) is 0 Å². The highest BCUT2D eigenvalue weighted by Crippen LogP contribution is 2.43. The lowest BCUT2D eigenvalue weighted by molar-refractivity contribution is 0.100. The summed E-state index contributed by atoms with van der Waals surface area (Å²) in [7, 11) is 0. The van der Waals surface area contributed by atoms with Gasteiger partial charge in [0.05, 0.1) is 32.8 Å². The molecule has 3 amide bonds. The Bertz CT molecular complexity index is 1220. The molecule has 0 saturated heterocycles. The number of anilines is 4. The van der Waals surface area contributed by atoms with Crippen LogP contribution >= 0.6 is 11.3 Å². The number of aromatic nitrogens is 2. The Morgan fingerprint density at radius 1 is 1.06 bits per heavy atom. The number of nitrogens with zero attached hydrogens (tertiary/aromatic N) is 3. The van der Waals surface area contributed by atoms with E-state index in [0.29, 0.717) is 28.7 Å². The average molecular weight is 433 g/mol. The highest BCUT2D eigenvalue weighted by Gasteiger charge is 2.24. The van der Waals surface area contributed by atoms with E-state index in [9.17, 15) is 9.59 Å². The van der Waals surface area contributed by atoms with E-state index in [0.717, 1.165) is 10.2 Å². The second-order valence-electron chi connectivity index (χ2n) is 6.56. The normalized spacial score (nSPS) is 10.6. The number of thiazole rings is 1. The molecule has 0 aliphatic rings. The summed E-state index contributed by atoms with van der Waals surface area (Å²) in [6.45, 7) is 2.33. The van der Waals surface area contributed by atoms with Crippen molar-refractivity contribution in [2.24, 2.45) is 5.73 Å². The second kappa shape index (κ2) is 8.80. The van der Waals surface area contributed by atoms with E-state index in [1.54, 1.807) is 18.3 Å². The number of rotatable bonds is 6. The Morgan fingerprint density at radius 2 is 1.84 bits per heavy atom. The number of carbonyl (C=O) groups is 2. The molecule has 9 heteroatoms. The monoisotopic (exact) mass is 432 g/mol. The molecule has 2 aromatic heterocycles. The number of para-hydroxylation sites is 3. The van der Waals surface area contributed by atoms with Crippen molar-refractivity contribution < 1.29 is 9.59 Å². The number of fused-ring (bicyclic) bond motifs is 1. The first kappa shape index (κ1) is 20.3. The lowest BCUT2D eigenvalue weighted by Crippen LogP contribution is -2.29. The van der Waals surface area contributed by atoms with Crippen LogP contribution < -0.4 is 21.3 Å². The molecule has 0 unspecified atom stereocenters. The van der Waals surface area contributed by atoms with Gasteiger partial charge in [0, 0.05) is 18.9 Å². The molecule has 0 saturated carbocycles. The minimum absolute atomic E-state index is 0.245. The molecule has 31 heavy (non-hydrogen) atoms. The zero-order chi connectivity index (χ0) is 21.8. The lowest BCUT2D eigenvalue weighted by atomic mass is 10.1. The van der Waals surface area contributed by atoms with Gasteiger partial charge in [-0.05, 0) is 37.3 Å². The third kappa shape index (κ3) is 4.17. The Kier molecular flexibility index (Phi) is 5.76. The van der Waals surface area contributed by atoms with Crippen LogP contribution in [-0.2, 0) is 0 Å². The molecule has 4 rings (SSSR count). The van der Waals surface area contributed by atoms with Gasteiger partial charge in [-0.3, -0.25) is 14.7 Å². The van der Waals surface area contributed by atoms with Crippen LogP contribution in [0, 0.1) is 0 Å². The zero-order valence-electron chi connectivity index (χ0n) is 16.7. The topological polar surface area (TPSA) is 113 Å². The molecule has 2 heterocycles. The molecule has 0 aliphatic heterocycles. The average Bonchev–Trinajstić information content (AvgIpc) is 3.19. The van der Waals surface area contributed by atoms with Gasteiger partial charge in [-0.1, -0.05) is 35.6 Å². The quantitative estimate of drug-likeness (QED) is 0.418. The SMILES string of the molecule is CCNC(=O)Nc1ccccc1N(c1nc2ccccc2s1)c1ccncc1C(N)=O. The van der Waals surface area contributed by atoms with Crippen LogP contribution in [0.4, 0.5) is 27.0 Å². The van der Waals surface area contributed by atoms with Crippen molar-refractivity contribution in [3.63, 3.8) is 0 Å². The largest absolute Gasteiger partial charge is 0.365 e. The van der Waals surface area contributed by atoms with E-state index in [1.807, 2.05) is 54.3 Å². The molecule has 0 bridgehead atoms. The zero-order valence-corrected chi connectivity index (χ0v) is 17.5. The molecule has 2 aromatic carbocycles. The Balaban J connectivity index is 1.93. The number of primary amides is 1. The van der Waals surface area contributed by atoms with Crippen LogP contribution in [0.1, 0.15) is 17.3 Å². The van der Waals surface area contributed by atoms with Crippen molar-refractivity contribution in [2.75, 3.05) is 16.8 Å². The molecule has 4 N–H and O–H groups in total. The first-order chi connectivity index (χ1) is 15.1. The number of benzene rings is 2. The van der Waals surface area contributed by atoms with Crippen molar-refractivity contribution in [2.45, 2.75) is 6.92 Å². The molecule has 8 nitrogen and oxygen atoms in total. The van der Waals surface area contributed by atoms with Gasteiger partial charge in [0.15, 0.2) is 5.13 Å². The predicted octanol–water partition coefficient (Wildman–Crippen LogP) is 4.40. The van der Waals surface area contributed by atoms with Crippen LogP contribution in [-0.4, -0.2) is 28.5 Å². The highest BCUT2D eigenvalue weighted by atomic mass is 32.1. The predicted molar refractivity (Wildman–Crippen MR) is 123 cm³/mol. The third-order valence-electron chi connectivity index (χ3n) is 4.51. The van der Waals surface area contributed by atoms with Crippen molar-refractivity contribution in [3.05, 3.63) is 72.6 Å². The molecule has 0 spiro atoms. The van der Waals surface area contributed by atoms with Crippen molar-refractivity contribution in [1.82, 2.24) is 15.3 Å². The van der Waals surface area contributed by atoms with E-state index < -0.39 is 5.91 Å². The fraction of sp³-hybridized carbons (Fsp3) is 0.0909. The lowest BCUT2D eigenvalue weighted by Gasteiger charge is -2.26. The number of carbonyl (C=O) groups excluding carboxylic acids is 2. The number of amides is 3. The summed E-state index contributed by atoms with van der Waals surface area (Å²) in [5.41, 5.74) is 8.43. The first-order valence-corrected chi connectivity index (χ1v) is 10.4. The van der Waals surface area contributed by atoms with E-state index >= 15 is 0 Å². The maximum Gasteiger partial charge on any atom is 0.319 e. The fourth-order valence-corrected chi connectivity index (χ4v) is 4.16. The summed E-state index contributed by atoms with van der Waals surface area (Å²) in [6.07, 6.45) is 3.01. The molecule has 0 radical (unpaired) electrons. The summed E-state index contributed by atoms with van der Waals surface area (Å²) in [4.78, 5) is 35.0. The Hall–Kier alpha value is -3.98. The standard InChI is InChI=1S/C22H20N6O2S/c1-2-25-21(30)26-15-7-3-5-9-18(15)28(17-11-12-24-13-14(17)20(23)29)22-27-16-8-4-6-10-19(16)31-22/h3-13H,2H2,1H3,(H2,23,29)(H2,25,26,30). The van der Waals surface area contributed by atoms with Crippen LogP contribution in [0.3, 0.4) is 0 Å². The van der Waals surface area contributed by atoms with Gasteiger partial charge in [0.1, 0.15) is 0 Å². The summed E-state index contributed by atoms with van der Waals surface area (Å²) in [5, 5.41) is 6.22. The number of pyridine rings is 1. The summed E-state index contributed by atoms with van der Waals surface area (Å²) in [5.74, 6) is -0.608. The van der Waals surface area contributed by atoms with E-state index in [1.165, 1.54) is 17.5 Å². The minimum atomic E-state index is -0.608. The van der Waals surface area contributed by atoms with Crippen LogP contribution in [0.15, 0.2) is 67.0 Å². The summed E-state index contributed by atoms with van der Waals surface area (Å²) >= 11 is 1.47. The fourth-order valence-electron chi connectivity index (χ4n) is 3.16. The molecular formula is C22H20N6O2S. The Labute approximate surface area is 182 Å². The maximum atomic E-state index is 12.2. The first-order valence-electron chi connectivity index (χ1n) is 9.62. The van der Waals surface area contributed by atoms with Gasteiger partial charge in [-0.25, -0.2) is 9.78 Å². The third-order valence-corrected chi connectivity index (χ3v) is 5.53. The van der Waals surface area contributed by atoms with Crippen LogP contribution in [0.5, 0.6) is 0 Å². The van der Waals surface area contributed by atoms with Crippen molar-refractivity contribution >= 4 is 55.7 Å². The highest BCUT2D eigenvalue weighted by molar-refractivity contribution is 7.22. The number of nitrogens with two attached hydrogens (primary N) is 1. The van der Waals surface area contributed by atoms with Gasteiger partial charge < -0.3 is 16.4 Å². The van der Waals surface area contributed by atoms with Crippen LogP contribution in [0.2, 0.25) is 0 Å². The second-order valence-corrected chi connectivity index (χ2v) is 7.57. The number of urea groups is 1. The molecule has 0 fully saturated rings. The van der Waals surface area contributed by atoms with Gasteiger partial charge in [0.25, 0.3) is 5.91 Å². The van der Waals surface area contributed by atoms with Gasteiger partial charge in [0.2, 0.25) is 0 Å². The van der Waals surface area contributed by atoms with E-state index in [2.05, 4.69) is 15.6 Å². The summed E-state index contributed by atoms with van der Waals surface area (Å²) < 4.78 is 0.992. The maximum absolute atomic E-state index is 12.2. The molecule has 0 aliphatic carbocycles. The molecule has 156 valence electrons. The van der Waals surface area contributed by atoms with Gasteiger partial charge >= 0.3 is 6.03 Å². The van der Waals surface area contributed by atoms with E-state index in [4.69, 9.17) is 10.7 Å². The number of hydrogen-bond donors (Lipinski definition) is 3. The molecular weight excluding hydrogens is 412 g/mol. The van der Waals surface area contributed by atoms with Crippen molar-refractivity contribution in [1.29, 1.82) is 0 Å². The molecule has 0 atom stereocenters. The smallest absolute Gasteiger partial charge is 0.319 e. The van der Waals surface area contributed by atoms with E-state index in [-0.39, 0.29) is 11.6 Å². The van der Waals surface area contributed by atoms with Crippen LogP contribution in [0.25, 0.3) is 10.2 Å². The molecule has 4 aromatic rings. The van der Waals surface area contributed by atoms with Gasteiger partial charge in [-0.2, -0.15) is 0 Å². The number of nitrogens with one attached hydrogen (secondary N) is 2. The minimum Gasteiger partial charge on any atom is -0.365 e. The number of hydrogen-bond acceptors (Lipinski definition) is 6. The summed E-state index contributed by atoms with van der Waals surface area (Å²) in [6, 6.07) is 16.5. The Morgan fingerprint density at radius 3 is 2.61 bits per heavy atom. The van der Waals surface area contributed by atoms with Gasteiger partial charge in [-0.15, -0.1) is 0 Å².